The number of esters is 1. The van der Waals surface area contributed by atoms with E-state index >= 15 is 0 Å². The summed E-state index contributed by atoms with van der Waals surface area (Å²) in [4.78, 5) is 24.1. The number of carbonyl (C=O) groups excluding carboxylic acids is 2. The second kappa shape index (κ2) is 9.25. The molecule has 130 valence electrons. The first-order valence-corrected chi connectivity index (χ1v) is 8.60. The number of ether oxygens (including phenoxy) is 2. The summed E-state index contributed by atoms with van der Waals surface area (Å²) >= 11 is 1.63. The third kappa shape index (κ3) is 11.7. The molecule has 0 fully saturated rings. The first-order chi connectivity index (χ1) is 9.94. The molecule has 0 spiro atoms. The molecule has 0 aromatic carbocycles. The maximum atomic E-state index is 12.2. The lowest BCUT2D eigenvalue weighted by molar-refractivity contribution is -0.157. The highest BCUT2D eigenvalue weighted by molar-refractivity contribution is 7.99. The minimum absolute atomic E-state index is 0.452. The summed E-state index contributed by atoms with van der Waals surface area (Å²) in [6.07, 6.45) is -0.147. The number of alkyl carbamates (subject to hydrolysis) is 1. The summed E-state index contributed by atoms with van der Waals surface area (Å²) in [6.45, 7) is 11.3. The molecular formula is C15H30N2O4S. The fraction of sp³-hybridized carbons (Fsp3) is 0.867. The van der Waals surface area contributed by atoms with Gasteiger partial charge in [-0.25, -0.2) is 9.59 Å². The van der Waals surface area contributed by atoms with Crippen LogP contribution in [0.5, 0.6) is 0 Å². The molecule has 0 bridgehead atoms. The maximum Gasteiger partial charge on any atom is 0.408 e. The van der Waals surface area contributed by atoms with Gasteiger partial charge in [-0.1, -0.05) is 0 Å². The van der Waals surface area contributed by atoms with Crippen LogP contribution >= 0.6 is 11.8 Å². The van der Waals surface area contributed by atoms with E-state index in [0.29, 0.717) is 18.7 Å². The molecule has 7 heteroatoms. The topological polar surface area (TPSA) is 90.6 Å². The Balaban J connectivity index is 4.64. The van der Waals surface area contributed by atoms with Crippen LogP contribution in [0.2, 0.25) is 0 Å². The normalized spacial score (nSPS) is 13.4. The molecule has 0 radical (unpaired) electrons. The van der Waals surface area contributed by atoms with Crippen LogP contribution in [0.1, 0.15) is 48.0 Å². The van der Waals surface area contributed by atoms with Gasteiger partial charge >= 0.3 is 12.1 Å². The molecule has 1 atom stereocenters. The van der Waals surface area contributed by atoms with Gasteiger partial charge in [0.2, 0.25) is 0 Å². The summed E-state index contributed by atoms with van der Waals surface area (Å²) < 4.78 is 10.5. The first-order valence-electron chi connectivity index (χ1n) is 7.45. The Hall–Kier alpha value is -0.950. The summed E-state index contributed by atoms with van der Waals surface area (Å²) in [5.74, 6) is 1.07. The van der Waals surface area contributed by atoms with Crippen molar-refractivity contribution in [2.45, 2.75) is 65.2 Å². The molecule has 0 aliphatic carbocycles. The van der Waals surface area contributed by atoms with E-state index in [4.69, 9.17) is 15.2 Å². The third-order valence-corrected chi connectivity index (χ3v) is 3.24. The van der Waals surface area contributed by atoms with Gasteiger partial charge in [0.25, 0.3) is 0 Å². The summed E-state index contributed by atoms with van der Waals surface area (Å²) in [6, 6.07) is -0.723. The molecule has 0 aromatic rings. The third-order valence-electron chi connectivity index (χ3n) is 2.20. The summed E-state index contributed by atoms with van der Waals surface area (Å²) in [5.41, 5.74) is 4.22. The van der Waals surface area contributed by atoms with Gasteiger partial charge in [0.1, 0.15) is 17.2 Å². The largest absolute Gasteiger partial charge is 0.458 e. The fourth-order valence-electron chi connectivity index (χ4n) is 1.46. The van der Waals surface area contributed by atoms with Crippen molar-refractivity contribution in [2.75, 3.05) is 18.1 Å². The minimum Gasteiger partial charge on any atom is -0.458 e. The highest BCUT2D eigenvalue weighted by Crippen LogP contribution is 2.13. The Morgan fingerprint density at radius 3 is 2.05 bits per heavy atom. The zero-order chi connectivity index (χ0) is 17.4. The zero-order valence-electron chi connectivity index (χ0n) is 14.5. The van der Waals surface area contributed by atoms with Gasteiger partial charge in [-0.05, 0) is 53.7 Å². The number of nitrogens with one attached hydrogen (secondary N) is 1. The van der Waals surface area contributed by atoms with Crippen molar-refractivity contribution in [3.05, 3.63) is 0 Å². The number of hydrogen-bond acceptors (Lipinski definition) is 6. The Morgan fingerprint density at radius 2 is 1.59 bits per heavy atom. The smallest absolute Gasteiger partial charge is 0.408 e. The number of hydrogen-bond donors (Lipinski definition) is 2. The molecule has 0 aliphatic heterocycles. The summed E-state index contributed by atoms with van der Waals surface area (Å²) in [7, 11) is 0. The van der Waals surface area contributed by atoms with E-state index < -0.39 is 29.3 Å². The Morgan fingerprint density at radius 1 is 1.05 bits per heavy atom. The zero-order valence-corrected chi connectivity index (χ0v) is 15.3. The van der Waals surface area contributed by atoms with Crippen LogP contribution in [0, 0.1) is 0 Å². The number of carbonyl (C=O) groups is 2. The van der Waals surface area contributed by atoms with Crippen molar-refractivity contribution in [3.63, 3.8) is 0 Å². The Kier molecular flexibility index (Phi) is 8.85. The number of nitrogens with two attached hydrogens (primary N) is 1. The van der Waals surface area contributed by atoms with Crippen LogP contribution in [0.25, 0.3) is 0 Å². The molecule has 0 saturated heterocycles. The second-order valence-electron chi connectivity index (χ2n) is 6.92. The van der Waals surface area contributed by atoms with Crippen LogP contribution in [0.4, 0.5) is 4.79 Å². The van der Waals surface area contributed by atoms with E-state index in [-0.39, 0.29) is 0 Å². The molecule has 22 heavy (non-hydrogen) atoms. The SMILES string of the molecule is CC(C)(C)OC(=O)NC(CCSCCN)C(=O)OC(C)(C)C. The average Bonchev–Trinajstić information content (AvgIpc) is 2.28. The van der Waals surface area contributed by atoms with Crippen molar-refractivity contribution in [1.29, 1.82) is 0 Å². The lowest BCUT2D eigenvalue weighted by Gasteiger charge is -2.26. The Labute approximate surface area is 137 Å². The highest BCUT2D eigenvalue weighted by Gasteiger charge is 2.28. The molecule has 0 saturated carbocycles. The average molecular weight is 334 g/mol. The van der Waals surface area contributed by atoms with Crippen molar-refractivity contribution in [2.24, 2.45) is 5.73 Å². The van der Waals surface area contributed by atoms with Crippen LogP contribution in [-0.4, -0.2) is 47.4 Å². The minimum atomic E-state index is -0.723. The van der Waals surface area contributed by atoms with E-state index in [1.807, 2.05) is 0 Å². The first kappa shape index (κ1) is 21.0. The van der Waals surface area contributed by atoms with Gasteiger partial charge in [0.15, 0.2) is 0 Å². The second-order valence-corrected chi connectivity index (χ2v) is 8.15. The molecule has 0 heterocycles. The number of rotatable bonds is 7. The van der Waals surface area contributed by atoms with E-state index in [1.54, 1.807) is 53.3 Å². The van der Waals surface area contributed by atoms with Crippen molar-refractivity contribution in [1.82, 2.24) is 5.32 Å². The molecular weight excluding hydrogens is 304 g/mol. The van der Waals surface area contributed by atoms with Gasteiger partial charge in [-0.2, -0.15) is 11.8 Å². The van der Waals surface area contributed by atoms with Crippen molar-refractivity contribution >= 4 is 23.8 Å². The van der Waals surface area contributed by atoms with Gasteiger partial charge < -0.3 is 20.5 Å². The van der Waals surface area contributed by atoms with E-state index in [9.17, 15) is 9.59 Å². The van der Waals surface area contributed by atoms with E-state index in [2.05, 4.69) is 5.32 Å². The highest BCUT2D eigenvalue weighted by atomic mass is 32.2. The standard InChI is InChI=1S/C15H30N2O4S/c1-14(2,3)20-12(18)11(7-9-22-10-8-16)17-13(19)21-15(4,5)6/h11H,7-10,16H2,1-6H3,(H,17,19). The van der Waals surface area contributed by atoms with Gasteiger partial charge in [-0.15, -0.1) is 0 Å². The van der Waals surface area contributed by atoms with Gasteiger partial charge in [-0.3, -0.25) is 0 Å². The molecule has 3 N–H and O–H groups in total. The fourth-order valence-corrected chi connectivity index (χ4v) is 2.23. The predicted molar refractivity (Wildman–Crippen MR) is 90.0 cm³/mol. The molecule has 6 nitrogen and oxygen atoms in total. The molecule has 0 aromatic heterocycles. The lowest BCUT2D eigenvalue weighted by atomic mass is 10.1. The van der Waals surface area contributed by atoms with Crippen molar-refractivity contribution < 1.29 is 19.1 Å². The van der Waals surface area contributed by atoms with Crippen molar-refractivity contribution in [3.8, 4) is 0 Å². The number of thioether (sulfide) groups is 1. The number of amides is 1. The summed E-state index contributed by atoms with van der Waals surface area (Å²) in [5, 5.41) is 2.59. The van der Waals surface area contributed by atoms with Crippen LogP contribution in [-0.2, 0) is 14.3 Å². The molecule has 1 unspecified atom stereocenters. The lowest BCUT2D eigenvalue weighted by Crippen LogP contribution is -2.46. The van der Waals surface area contributed by atoms with E-state index in [0.717, 1.165) is 5.75 Å². The molecule has 0 aliphatic rings. The predicted octanol–water partition coefficient (Wildman–Crippen LogP) is 2.30. The van der Waals surface area contributed by atoms with Crippen LogP contribution in [0.3, 0.4) is 0 Å². The van der Waals surface area contributed by atoms with Gasteiger partial charge in [0, 0.05) is 12.3 Å². The van der Waals surface area contributed by atoms with Crippen LogP contribution in [0.15, 0.2) is 0 Å². The van der Waals surface area contributed by atoms with Gasteiger partial charge in [0.05, 0.1) is 0 Å². The molecule has 0 rings (SSSR count). The quantitative estimate of drug-likeness (QED) is 0.548. The van der Waals surface area contributed by atoms with Crippen LogP contribution < -0.4 is 11.1 Å². The van der Waals surface area contributed by atoms with E-state index in [1.165, 1.54) is 0 Å². The maximum absolute atomic E-state index is 12.2. The monoisotopic (exact) mass is 334 g/mol. The molecule has 1 amide bonds. The Bertz CT molecular complexity index is 362.